The molecule has 0 atom stereocenters. The fourth-order valence-corrected chi connectivity index (χ4v) is 2.29. The van der Waals surface area contributed by atoms with Crippen LogP contribution >= 0.6 is 0 Å². The van der Waals surface area contributed by atoms with E-state index in [1.807, 2.05) is 4.98 Å². The van der Waals surface area contributed by atoms with Gasteiger partial charge in [-0.05, 0) is 17.1 Å². The lowest BCUT2D eigenvalue weighted by Crippen LogP contribution is -2.31. The predicted octanol–water partition coefficient (Wildman–Crippen LogP) is 0.0661. The molecule has 0 aliphatic carbocycles. The van der Waals surface area contributed by atoms with Crippen molar-refractivity contribution in [3.8, 4) is 23.3 Å². The predicted molar refractivity (Wildman–Crippen MR) is 81.2 cm³/mol. The van der Waals surface area contributed by atoms with Crippen molar-refractivity contribution < 1.29 is 23.2 Å². The minimum atomic E-state index is -4.96. The van der Waals surface area contributed by atoms with E-state index in [2.05, 4.69) is 0 Å². The third kappa shape index (κ3) is 3.19. The molecule has 0 aliphatic heterocycles. The molecule has 0 unspecified atom stereocenters. The van der Waals surface area contributed by atoms with E-state index in [1.54, 1.807) is 6.07 Å². The standard InChI is InChI=1S/C14H8BF3N4O3/c16-14(17,18)10-3-6(15(24)25)1-2-7(10)11-8(4-19)12(21)22-13(23)9(11)5-20/h1-3,24-25H,(H3,21,22,23). The van der Waals surface area contributed by atoms with Crippen molar-refractivity contribution >= 4 is 18.4 Å². The first-order valence-corrected chi connectivity index (χ1v) is 6.55. The van der Waals surface area contributed by atoms with Gasteiger partial charge in [0.15, 0.2) is 0 Å². The number of pyridine rings is 1. The summed E-state index contributed by atoms with van der Waals surface area (Å²) in [6.45, 7) is 0. The molecule has 0 saturated carbocycles. The van der Waals surface area contributed by atoms with Gasteiger partial charge in [0.1, 0.15) is 29.1 Å². The maximum atomic E-state index is 13.4. The third-order valence-corrected chi connectivity index (χ3v) is 3.38. The first-order valence-electron chi connectivity index (χ1n) is 6.55. The molecule has 0 fully saturated rings. The van der Waals surface area contributed by atoms with E-state index >= 15 is 0 Å². The second-order valence-electron chi connectivity index (χ2n) is 4.89. The Morgan fingerprint density at radius 3 is 2.24 bits per heavy atom. The minimum absolute atomic E-state index is 0.453. The van der Waals surface area contributed by atoms with Crippen LogP contribution in [0.5, 0.6) is 0 Å². The monoisotopic (exact) mass is 348 g/mol. The van der Waals surface area contributed by atoms with E-state index in [4.69, 9.17) is 21.0 Å². The van der Waals surface area contributed by atoms with Crippen LogP contribution in [-0.4, -0.2) is 22.2 Å². The van der Waals surface area contributed by atoms with E-state index in [-0.39, 0.29) is 0 Å². The first-order chi connectivity index (χ1) is 11.6. The van der Waals surface area contributed by atoms with Crippen molar-refractivity contribution in [2.45, 2.75) is 6.18 Å². The van der Waals surface area contributed by atoms with Gasteiger partial charge in [0, 0.05) is 5.56 Å². The second-order valence-corrected chi connectivity index (χ2v) is 4.89. The van der Waals surface area contributed by atoms with Gasteiger partial charge in [0.2, 0.25) is 0 Å². The van der Waals surface area contributed by atoms with E-state index in [0.717, 1.165) is 12.1 Å². The quantitative estimate of drug-likeness (QED) is 0.565. The van der Waals surface area contributed by atoms with Gasteiger partial charge < -0.3 is 20.8 Å². The summed E-state index contributed by atoms with van der Waals surface area (Å²) in [5.74, 6) is -0.485. The molecule has 126 valence electrons. The summed E-state index contributed by atoms with van der Waals surface area (Å²) in [6.07, 6.45) is -4.96. The van der Waals surface area contributed by atoms with Crippen molar-refractivity contribution in [1.29, 1.82) is 10.5 Å². The van der Waals surface area contributed by atoms with E-state index in [0.29, 0.717) is 6.07 Å². The van der Waals surface area contributed by atoms with E-state index in [9.17, 15) is 23.2 Å². The highest BCUT2D eigenvalue weighted by atomic mass is 19.4. The number of halogens is 3. The Balaban J connectivity index is 3.00. The SMILES string of the molecule is N#Cc1c(N)[nH]c(=O)c(C#N)c1-c1ccc(B(O)O)cc1C(F)(F)F. The summed E-state index contributed by atoms with van der Waals surface area (Å²) < 4.78 is 40.2. The number of rotatable bonds is 2. The number of hydrogen-bond donors (Lipinski definition) is 4. The Kier molecular flexibility index (Phi) is 4.57. The van der Waals surface area contributed by atoms with E-state index < -0.39 is 58.0 Å². The van der Waals surface area contributed by atoms with Gasteiger partial charge in [-0.25, -0.2) is 0 Å². The van der Waals surface area contributed by atoms with Crippen LogP contribution in [-0.2, 0) is 6.18 Å². The maximum Gasteiger partial charge on any atom is 0.488 e. The molecule has 0 saturated heterocycles. The van der Waals surface area contributed by atoms with Gasteiger partial charge in [0.25, 0.3) is 5.56 Å². The molecular formula is C14H8BF3N4O3. The normalized spacial score (nSPS) is 10.8. The lowest BCUT2D eigenvalue weighted by molar-refractivity contribution is -0.137. The van der Waals surface area contributed by atoms with Gasteiger partial charge in [-0.3, -0.25) is 4.79 Å². The molecular weight excluding hydrogens is 340 g/mol. The van der Waals surface area contributed by atoms with Crippen LogP contribution < -0.4 is 16.8 Å². The van der Waals surface area contributed by atoms with Gasteiger partial charge in [-0.15, -0.1) is 0 Å². The number of nitrogen functional groups attached to an aromatic ring is 1. The van der Waals surface area contributed by atoms with Gasteiger partial charge in [-0.2, -0.15) is 23.7 Å². The zero-order valence-electron chi connectivity index (χ0n) is 12.2. The average Bonchev–Trinajstić information content (AvgIpc) is 2.52. The van der Waals surface area contributed by atoms with Crippen LogP contribution in [0.3, 0.4) is 0 Å². The van der Waals surface area contributed by atoms with Crippen molar-refractivity contribution in [2.75, 3.05) is 5.73 Å². The summed E-state index contributed by atoms with van der Waals surface area (Å²) in [7, 11) is -2.16. The molecule has 2 rings (SSSR count). The average molecular weight is 348 g/mol. The fraction of sp³-hybridized carbons (Fsp3) is 0.0714. The zero-order chi connectivity index (χ0) is 18.9. The Morgan fingerprint density at radius 1 is 1.16 bits per heavy atom. The summed E-state index contributed by atoms with van der Waals surface area (Å²) >= 11 is 0. The largest absolute Gasteiger partial charge is 0.488 e. The molecule has 0 amide bonds. The van der Waals surface area contributed by atoms with Crippen molar-refractivity contribution in [3.63, 3.8) is 0 Å². The molecule has 0 aliphatic rings. The van der Waals surface area contributed by atoms with Crippen LogP contribution in [0.15, 0.2) is 23.0 Å². The topological polar surface area (TPSA) is 147 Å². The van der Waals surface area contributed by atoms with Gasteiger partial charge in [-0.1, -0.05) is 12.1 Å². The number of aromatic amines is 1. The van der Waals surface area contributed by atoms with Crippen LogP contribution in [0.25, 0.3) is 11.1 Å². The highest BCUT2D eigenvalue weighted by Crippen LogP contribution is 2.39. The fourth-order valence-electron chi connectivity index (χ4n) is 2.29. The lowest BCUT2D eigenvalue weighted by Gasteiger charge is -2.17. The Hall–Kier alpha value is -3.28. The highest BCUT2D eigenvalue weighted by molar-refractivity contribution is 6.58. The van der Waals surface area contributed by atoms with Crippen LogP contribution in [0.4, 0.5) is 19.0 Å². The van der Waals surface area contributed by atoms with Crippen molar-refractivity contribution in [1.82, 2.24) is 4.98 Å². The Labute approximate surface area is 138 Å². The number of hydrogen-bond acceptors (Lipinski definition) is 6. The molecule has 5 N–H and O–H groups in total. The van der Waals surface area contributed by atoms with Crippen molar-refractivity contribution in [2.24, 2.45) is 0 Å². The summed E-state index contributed by atoms with van der Waals surface area (Å²) in [5, 5.41) is 36.5. The highest BCUT2D eigenvalue weighted by Gasteiger charge is 2.36. The molecule has 11 heteroatoms. The van der Waals surface area contributed by atoms with Crippen LogP contribution in [0, 0.1) is 22.7 Å². The number of benzene rings is 1. The molecule has 1 heterocycles. The number of nitrogens with zero attached hydrogens (tertiary/aromatic N) is 2. The Bertz CT molecular complexity index is 987. The molecule has 1 aromatic heterocycles. The van der Waals surface area contributed by atoms with Crippen LogP contribution in [0.2, 0.25) is 0 Å². The summed E-state index contributed by atoms with van der Waals surface area (Å²) in [5.41, 5.74) is 0.194. The number of H-pyrrole nitrogens is 1. The molecule has 2 aromatic rings. The molecule has 25 heavy (non-hydrogen) atoms. The van der Waals surface area contributed by atoms with Crippen LogP contribution in [0.1, 0.15) is 16.7 Å². The Morgan fingerprint density at radius 2 is 1.76 bits per heavy atom. The molecule has 1 aromatic carbocycles. The number of alkyl halides is 3. The molecule has 0 radical (unpaired) electrons. The summed E-state index contributed by atoms with van der Waals surface area (Å²) in [4.78, 5) is 13.9. The first kappa shape index (κ1) is 18.1. The second kappa shape index (κ2) is 6.32. The van der Waals surface area contributed by atoms with E-state index in [1.165, 1.54) is 6.07 Å². The van der Waals surface area contributed by atoms with Gasteiger partial charge in [0.05, 0.1) is 5.56 Å². The minimum Gasteiger partial charge on any atom is -0.423 e. The van der Waals surface area contributed by atoms with Gasteiger partial charge >= 0.3 is 13.3 Å². The summed E-state index contributed by atoms with van der Waals surface area (Å²) in [6, 6.07) is 5.30. The number of anilines is 1. The number of nitrogens with one attached hydrogen (secondary N) is 1. The molecule has 0 bridgehead atoms. The molecule has 0 spiro atoms. The maximum absolute atomic E-state index is 13.4. The third-order valence-electron chi connectivity index (χ3n) is 3.38. The smallest absolute Gasteiger partial charge is 0.423 e. The lowest BCUT2D eigenvalue weighted by atomic mass is 9.77. The number of nitriles is 2. The molecule has 7 nitrogen and oxygen atoms in total. The number of aromatic nitrogens is 1. The van der Waals surface area contributed by atoms with Crippen molar-refractivity contribution in [3.05, 3.63) is 45.2 Å². The number of nitrogens with two attached hydrogens (primary N) is 1. The zero-order valence-corrected chi connectivity index (χ0v) is 12.2.